The van der Waals surface area contributed by atoms with E-state index in [0.29, 0.717) is 5.56 Å². The van der Waals surface area contributed by atoms with Crippen molar-refractivity contribution in [2.45, 2.75) is 51.4 Å². The van der Waals surface area contributed by atoms with Crippen LogP contribution in [0.4, 0.5) is 11.5 Å². The number of nitrogen functional groups attached to an aromatic ring is 1. The summed E-state index contributed by atoms with van der Waals surface area (Å²) in [7, 11) is -16.8. The van der Waals surface area contributed by atoms with Crippen LogP contribution in [0.5, 0.6) is 0 Å². The Kier molecular flexibility index (Phi) is 11.2. The molecule has 2 aromatic rings. The quantitative estimate of drug-likeness (QED) is 0.0942. The number of aliphatic hydroxyl groups is 1. The molecule has 0 radical (unpaired) electrons. The Morgan fingerprint density at radius 2 is 1.81 bits per heavy atom. The van der Waals surface area contributed by atoms with Gasteiger partial charge in [0.2, 0.25) is 0 Å². The van der Waals surface area contributed by atoms with E-state index in [4.69, 9.17) is 25.0 Å². The number of aliphatic hydroxyl groups excluding tert-OH is 1. The second-order valence-electron chi connectivity index (χ2n) is 9.45. The van der Waals surface area contributed by atoms with Crippen LogP contribution < -0.4 is 11.4 Å². The van der Waals surface area contributed by atoms with Gasteiger partial charge in [0.25, 0.3) is 5.69 Å². The molecule has 3 rings (SSSR count). The molecule has 6 atom stereocenters. The molecule has 1 aliphatic heterocycles. The first-order valence-electron chi connectivity index (χ1n) is 12.1. The molecule has 0 saturated carbocycles. The number of rotatable bonds is 14. The Hall–Kier alpha value is -2.41. The highest BCUT2D eigenvalue weighted by Gasteiger charge is 2.43. The fourth-order valence-corrected chi connectivity index (χ4v) is 7.09. The van der Waals surface area contributed by atoms with E-state index in [1.54, 1.807) is 26.0 Å². The minimum absolute atomic E-state index is 0.146. The smallest absolute Gasteiger partial charge is 0.390 e. The van der Waals surface area contributed by atoms with Gasteiger partial charge in [0.05, 0.1) is 35.9 Å². The number of ether oxygens (including phenoxy) is 2. The van der Waals surface area contributed by atoms with E-state index in [1.165, 1.54) is 18.3 Å². The van der Waals surface area contributed by atoms with Crippen molar-refractivity contribution in [3.05, 3.63) is 62.2 Å². The minimum atomic E-state index is -5.75. The lowest BCUT2D eigenvalue weighted by atomic mass is 9.97. The summed E-state index contributed by atoms with van der Waals surface area (Å²) >= 11 is 0. The Morgan fingerprint density at radius 1 is 1.16 bits per heavy atom. The molecule has 3 unspecified atom stereocenters. The van der Waals surface area contributed by atoms with Crippen molar-refractivity contribution >= 4 is 35.0 Å². The summed E-state index contributed by atoms with van der Waals surface area (Å²) in [6.45, 7) is 2.40. The van der Waals surface area contributed by atoms with Crippen molar-refractivity contribution in [1.29, 1.82) is 0 Å². The van der Waals surface area contributed by atoms with Crippen LogP contribution in [0.15, 0.2) is 35.3 Å². The SMILES string of the molecule is CC(C)C(OCc1cn([C@H]2C[C@H](O)[C@@H](COP(=O)(O)OP(=O)(O)OP(=O)(O)O)O2)c(=O)nc1N)c1ccccc1[N+](=O)[O-]. The molecular weight excluding hydrogens is 645 g/mol. The number of aromatic nitrogens is 2. The third-order valence-corrected chi connectivity index (χ3v) is 9.66. The Balaban J connectivity index is 1.72. The van der Waals surface area contributed by atoms with Crippen LogP contribution >= 0.6 is 23.5 Å². The maximum atomic E-state index is 12.6. The van der Waals surface area contributed by atoms with E-state index in [-0.39, 0.29) is 36.0 Å². The van der Waals surface area contributed by atoms with Crippen molar-refractivity contribution in [3.8, 4) is 0 Å². The van der Waals surface area contributed by atoms with Gasteiger partial charge < -0.3 is 39.9 Å². The van der Waals surface area contributed by atoms with Gasteiger partial charge in [0.1, 0.15) is 18.1 Å². The van der Waals surface area contributed by atoms with Gasteiger partial charge in [0.15, 0.2) is 0 Å². The molecule has 7 N–H and O–H groups in total. The molecule has 1 aromatic carbocycles. The summed E-state index contributed by atoms with van der Waals surface area (Å²) in [6.07, 6.45) is -3.79. The number of benzene rings is 1. The van der Waals surface area contributed by atoms with Crippen molar-refractivity contribution in [1.82, 2.24) is 9.55 Å². The average Bonchev–Trinajstić information content (AvgIpc) is 3.22. The van der Waals surface area contributed by atoms with Crippen molar-refractivity contribution < 1.29 is 65.9 Å². The normalized spacial score (nSPS) is 22.7. The minimum Gasteiger partial charge on any atom is -0.390 e. The van der Waals surface area contributed by atoms with Crippen LogP contribution in [0, 0.1) is 16.0 Å². The maximum absolute atomic E-state index is 12.6. The van der Waals surface area contributed by atoms with Gasteiger partial charge in [-0.05, 0) is 12.0 Å². The first-order chi connectivity index (χ1) is 19.8. The summed E-state index contributed by atoms with van der Waals surface area (Å²) in [5, 5.41) is 21.9. The molecular formula is C20H29N4O16P3. The zero-order valence-electron chi connectivity index (χ0n) is 22.4. The van der Waals surface area contributed by atoms with Crippen LogP contribution in [-0.4, -0.2) is 58.0 Å². The number of nitrogens with two attached hydrogens (primary N) is 1. The summed E-state index contributed by atoms with van der Waals surface area (Å²) < 4.78 is 58.4. The van der Waals surface area contributed by atoms with Gasteiger partial charge in [0, 0.05) is 24.2 Å². The number of phosphoric ester groups is 1. The second-order valence-corrected chi connectivity index (χ2v) is 13.9. The van der Waals surface area contributed by atoms with Gasteiger partial charge in [-0.1, -0.05) is 26.0 Å². The lowest BCUT2D eigenvalue weighted by Crippen LogP contribution is -2.29. The Morgan fingerprint density at radius 3 is 2.42 bits per heavy atom. The second kappa shape index (κ2) is 13.7. The number of hydrogen-bond acceptors (Lipinski definition) is 14. The average molecular weight is 674 g/mol. The van der Waals surface area contributed by atoms with Gasteiger partial charge in [-0.15, -0.1) is 0 Å². The lowest BCUT2D eigenvalue weighted by Gasteiger charge is -2.23. The number of para-hydroxylation sites is 1. The van der Waals surface area contributed by atoms with E-state index >= 15 is 0 Å². The highest BCUT2D eigenvalue weighted by atomic mass is 31.3. The number of nitrogens with zero attached hydrogens (tertiary/aromatic N) is 3. The predicted octanol–water partition coefficient (Wildman–Crippen LogP) is 1.64. The number of hydrogen-bond donors (Lipinski definition) is 6. The van der Waals surface area contributed by atoms with Crippen molar-refractivity contribution in [3.63, 3.8) is 0 Å². The van der Waals surface area contributed by atoms with Crippen molar-refractivity contribution in [2.75, 3.05) is 12.3 Å². The van der Waals surface area contributed by atoms with Crippen LogP contribution in [0.25, 0.3) is 0 Å². The molecule has 1 saturated heterocycles. The molecule has 1 fully saturated rings. The van der Waals surface area contributed by atoms with Gasteiger partial charge in [-0.3, -0.25) is 19.2 Å². The first kappa shape index (κ1) is 35.1. The number of nitro benzene ring substituents is 1. The molecule has 2 heterocycles. The standard InChI is InChI=1S/C20H29N4O16P3/c1-11(2)18(13-5-3-4-6-14(13)24(27)28)36-9-12-8-23(20(26)22-19(12)21)17-7-15(25)16(38-17)10-37-42(32,33)40-43(34,35)39-41(29,30)31/h3-6,8,11,15-18,25H,7,9-10H2,1-2H3,(H,32,33)(H,34,35)(H2,21,22,26)(H2,29,30,31)/t15-,16+,17+,18?/m0/s1. The predicted molar refractivity (Wildman–Crippen MR) is 143 cm³/mol. The first-order valence-corrected chi connectivity index (χ1v) is 16.6. The monoisotopic (exact) mass is 674 g/mol. The fourth-order valence-electron chi connectivity index (χ4n) is 4.06. The highest BCUT2D eigenvalue weighted by Crippen LogP contribution is 2.66. The molecule has 1 aliphatic rings. The topological polar surface area (TPSA) is 303 Å². The van der Waals surface area contributed by atoms with Crippen LogP contribution in [0.1, 0.15) is 43.7 Å². The molecule has 20 nitrogen and oxygen atoms in total. The third-order valence-electron chi connectivity index (χ3n) is 5.86. The summed E-state index contributed by atoms with van der Waals surface area (Å²) in [5.41, 5.74) is 5.38. The van der Waals surface area contributed by atoms with E-state index < -0.39 is 65.2 Å². The Labute approximate surface area is 242 Å². The highest BCUT2D eigenvalue weighted by molar-refractivity contribution is 7.66. The molecule has 43 heavy (non-hydrogen) atoms. The molecule has 23 heteroatoms. The lowest BCUT2D eigenvalue weighted by molar-refractivity contribution is -0.386. The number of nitro groups is 1. The molecule has 0 bridgehead atoms. The summed E-state index contributed by atoms with van der Waals surface area (Å²) in [6, 6.07) is 6.04. The van der Waals surface area contributed by atoms with E-state index in [9.17, 15) is 43.5 Å². The zero-order chi connectivity index (χ0) is 32.3. The third kappa shape index (κ3) is 9.79. The van der Waals surface area contributed by atoms with E-state index in [2.05, 4.69) is 18.1 Å². The van der Waals surface area contributed by atoms with Gasteiger partial charge >= 0.3 is 29.2 Å². The molecule has 0 aliphatic carbocycles. The molecule has 0 spiro atoms. The maximum Gasteiger partial charge on any atom is 0.490 e. The van der Waals surface area contributed by atoms with Gasteiger partial charge in [-0.25, -0.2) is 18.5 Å². The number of anilines is 1. The van der Waals surface area contributed by atoms with Crippen LogP contribution in [0.3, 0.4) is 0 Å². The Bertz CT molecular complexity index is 1530. The fraction of sp³-hybridized carbons (Fsp3) is 0.500. The molecule has 240 valence electrons. The van der Waals surface area contributed by atoms with Crippen molar-refractivity contribution in [2.24, 2.45) is 5.92 Å². The molecule has 0 amide bonds. The zero-order valence-corrected chi connectivity index (χ0v) is 25.1. The van der Waals surface area contributed by atoms with Gasteiger partial charge in [-0.2, -0.15) is 13.6 Å². The number of phosphoric acid groups is 3. The van der Waals surface area contributed by atoms with Crippen LogP contribution in [-0.2, 0) is 42.9 Å². The summed E-state index contributed by atoms with van der Waals surface area (Å²) in [5.74, 6) is -0.418. The largest absolute Gasteiger partial charge is 0.490 e. The van der Waals surface area contributed by atoms with E-state index in [1.807, 2.05) is 0 Å². The summed E-state index contributed by atoms with van der Waals surface area (Å²) in [4.78, 5) is 63.4. The van der Waals surface area contributed by atoms with E-state index in [0.717, 1.165) is 4.57 Å². The van der Waals surface area contributed by atoms with Crippen LogP contribution in [0.2, 0.25) is 0 Å². The molecule has 1 aromatic heterocycles.